The molecule has 2 aromatic rings. The lowest BCUT2D eigenvalue weighted by Crippen LogP contribution is -2.13. The second-order valence-electron chi connectivity index (χ2n) is 5.10. The molecule has 0 radical (unpaired) electrons. The summed E-state index contributed by atoms with van der Waals surface area (Å²) in [5, 5.41) is 3.36. The fourth-order valence-corrected chi connectivity index (χ4v) is 2.53. The fourth-order valence-electron chi connectivity index (χ4n) is 2.53. The molecule has 0 spiro atoms. The Morgan fingerprint density at radius 1 is 1.37 bits per heavy atom. The van der Waals surface area contributed by atoms with Crippen LogP contribution < -0.4 is 10.2 Å². The van der Waals surface area contributed by atoms with Gasteiger partial charge in [0.05, 0.1) is 12.7 Å². The predicted molar refractivity (Wildman–Crippen MR) is 75.2 cm³/mol. The van der Waals surface area contributed by atoms with Crippen LogP contribution in [0.5, 0.6) is 0 Å². The Kier molecular flexibility index (Phi) is 3.25. The minimum absolute atomic E-state index is 0.671. The molecule has 1 aromatic carbocycles. The molecule has 0 aliphatic carbocycles. The molecule has 0 fully saturated rings. The number of likely N-dealkylation sites (N-methyl/N-ethyl adjacent to an activating group) is 1. The van der Waals surface area contributed by atoms with E-state index in [1.165, 1.54) is 16.8 Å². The van der Waals surface area contributed by atoms with Gasteiger partial charge in [0.1, 0.15) is 5.76 Å². The number of benzene rings is 1. The molecule has 4 heteroatoms. The lowest BCUT2D eigenvalue weighted by Gasteiger charge is -2.12. The van der Waals surface area contributed by atoms with Crippen molar-refractivity contribution in [1.82, 2.24) is 10.3 Å². The maximum Gasteiger partial charge on any atom is 0.208 e. The van der Waals surface area contributed by atoms with Gasteiger partial charge in [-0.05, 0) is 30.5 Å². The third kappa shape index (κ3) is 2.63. The van der Waals surface area contributed by atoms with Crippen LogP contribution >= 0.6 is 0 Å². The highest BCUT2D eigenvalue weighted by molar-refractivity contribution is 5.58. The number of nitrogens with one attached hydrogen (secondary N) is 1. The highest BCUT2D eigenvalue weighted by atomic mass is 16.4. The van der Waals surface area contributed by atoms with Crippen LogP contribution in [0.15, 0.2) is 28.8 Å². The van der Waals surface area contributed by atoms with E-state index in [-0.39, 0.29) is 0 Å². The SMILES string of the molecule is Cc1cnc(CNCc2ccc3c(c2)CCN3C)o1. The summed E-state index contributed by atoms with van der Waals surface area (Å²) >= 11 is 0. The standard InChI is InChI=1S/C15H19N3O/c1-11-8-17-15(19-11)10-16-9-12-3-4-14-13(7-12)5-6-18(14)2/h3-4,7-8,16H,5-6,9-10H2,1-2H3. The first-order valence-electron chi connectivity index (χ1n) is 6.67. The molecule has 100 valence electrons. The van der Waals surface area contributed by atoms with Crippen LogP contribution in [0.1, 0.15) is 22.8 Å². The smallest absolute Gasteiger partial charge is 0.208 e. The lowest BCUT2D eigenvalue weighted by atomic mass is 10.1. The molecule has 1 aliphatic heterocycles. The van der Waals surface area contributed by atoms with E-state index in [0.717, 1.165) is 31.2 Å². The highest BCUT2D eigenvalue weighted by Crippen LogP contribution is 2.27. The van der Waals surface area contributed by atoms with Crippen molar-refractivity contribution in [3.05, 3.63) is 47.2 Å². The summed E-state index contributed by atoms with van der Waals surface area (Å²) in [5.41, 5.74) is 4.14. The zero-order chi connectivity index (χ0) is 13.2. The monoisotopic (exact) mass is 257 g/mol. The van der Waals surface area contributed by atoms with Gasteiger partial charge in [-0.3, -0.25) is 0 Å². The van der Waals surface area contributed by atoms with Crippen molar-refractivity contribution in [2.45, 2.75) is 26.4 Å². The van der Waals surface area contributed by atoms with Gasteiger partial charge in [-0.15, -0.1) is 0 Å². The maximum absolute atomic E-state index is 5.43. The molecule has 2 heterocycles. The van der Waals surface area contributed by atoms with Crippen molar-refractivity contribution in [2.75, 3.05) is 18.5 Å². The van der Waals surface area contributed by atoms with Crippen LogP contribution in [0.25, 0.3) is 0 Å². The van der Waals surface area contributed by atoms with E-state index in [2.05, 4.69) is 40.4 Å². The largest absolute Gasteiger partial charge is 0.445 e. The van der Waals surface area contributed by atoms with Crippen molar-refractivity contribution in [1.29, 1.82) is 0 Å². The number of aromatic nitrogens is 1. The normalized spacial score (nSPS) is 13.9. The number of aryl methyl sites for hydroxylation is 1. The van der Waals surface area contributed by atoms with Gasteiger partial charge < -0.3 is 14.6 Å². The molecular formula is C15H19N3O. The summed E-state index contributed by atoms with van der Waals surface area (Å²) in [6.07, 6.45) is 2.90. The first-order valence-corrected chi connectivity index (χ1v) is 6.67. The van der Waals surface area contributed by atoms with Gasteiger partial charge in [-0.25, -0.2) is 4.98 Å². The van der Waals surface area contributed by atoms with Gasteiger partial charge in [-0.2, -0.15) is 0 Å². The van der Waals surface area contributed by atoms with E-state index in [0.29, 0.717) is 6.54 Å². The molecule has 1 aromatic heterocycles. The van der Waals surface area contributed by atoms with Crippen LogP contribution in [-0.2, 0) is 19.5 Å². The van der Waals surface area contributed by atoms with Crippen LogP contribution in [-0.4, -0.2) is 18.6 Å². The topological polar surface area (TPSA) is 41.3 Å². The number of hydrogen-bond donors (Lipinski definition) is 1. The number of anilines is 1. The maximum atomic E-state index is 5.43. The van der Waals surface area contributed by atoms with Gasteiger partial charge in [0.15, 0.2) is 0 Å². The molecule has 4 nitrogen and oxygen atoms in total. The third-order valence-corrected chi connectivity index (χ3v) is 3.55. The minimum atomic E-state index is 0.671. The molecule has 3 rings (SSSR count). The van der Waals surface area contributed by atoms with E-state index in [1.54, 1.807) is 6.20 Å². The van der Waals surface area contributed by atoms with E-state index < -0.39 is 0 Å². The average molecular weight is 257 g/mol. The molecule has 0 bridgehead atoms. The quantitative estimate of drug-likeness (QED) is 0.912. The van der Waals surface area contributed by atoms with E-state index in [4.69, 9.17) is 4.42 Å². The molecule has 19 heavy (non-hydrogen) atoms. The summed E-state index contributed by atoms with van der Waals surface area (Å²) in [6.45, 7) is 4.55. The number of nitrogens with zero attached hydrogens (tertiary/aromatic N) is 2. The second-order valence-corrected chi connectivity index (χ2v) is 5.10. The summed E-state index contributed by atoms with van der Waals surface area (Å²) < 4.78 is 5.43. The first kappa shape index (κ1) is 12.2. The predicted octanol–water partition coefficient (Wildman–Crippen LogP) is 2.27. The highest BCUT2D eigenvalue weighted by Gasteiger charge is 2.15. The third-order valence-electron chi connectivity index (χ3n) is 3.55. The lowest BCUT2D eigenvalue weighted by molar-refractivity contribution is 0.449. The molecular weight excluding hydrogens is 238 g/mol. The van der Waals surface area contributed by atoms with Crippen molar-refractivity contribution >= 4 is 5.69 Å². The van der Waals surface area contributed by atoms with Crippen LogP contribution in [0.4, 0.5) is 5.69 Å². The first-order chi connectivity index (χ1) is 9.22. The Morgan fingerprint density at radius 2 is 2.26 bits per heavy atom. The molecule has 0 saturated heterocycles. The molecule has 1 N–H and O–H groups in total. The average Bonchev–Trinajstić information content (AvgIpc) is 2.97. The second kappa shape index (κ2) is 5.05. The van der Waals surface area contributed by atoms with Crippen LogP contribution in [0.2, 0.25) is 0 Å². The minimum Gasteiger partial charge on any atom is -0.445 e. The summed E-state index contributed by atoms with van der Waals surface area (Å²) in [7, 11) is 2.15. The summed E-state index contributed by atoms with van der Waals surface area (Å²) in [5.74, 6) is 1.61. The van der Waals surface area contributed by atoms with Crippen molar-refractivity contribution in [3.63, 3.8) is 0 Å². The molecule has 0 saturated carbocycles. The Balaban J connectivity index is 1.59. The molecule has 0 unspecified atom stereocenters. The number of fused-ring (bicyclic) bond motifs is 1. The summed E-state index contributed by atoms with van der Waals surface area (Å²) in [4.78, 5) is 6.49. The van der Waals surface area contributed by atoms with E-state index >= 15 is 0 Å². The van der Waals surface area contributed by atoms with Crippen LogP contribution in [0.3, 0.4) is 0 Å². The Morgan fingerprint density at radius 3 is 3.05 bits per heavy atom. The Bertz CT molecular complexity index is 577. The number of rotatable bonds is 4. The van der Waals surface area contributed by atoms with Crippen molar-refractivity contribution < 1.29 is 4.42 Å². The van der Waals surface area contributed by atoms with Gasteiger partial charge in [0.25, 0.3) is 0 Å². The Hall–Kier alpha value is -1.81. The molecule has 1 aliphatic rings. The molecule has 0 amide bonds. The fraction of sp³-hybridized carbons (Fsp3) is 0.400. The Labute approximate surface area is 113 Å². The number of hydrogen-bond acceptors (Lipinski definition) is 4. The van der Waals surface area contributed by atoms with Crippen LogP contribution in [0, 0.1) is 6.92 Å². The van der Waals surface area contributed by atoms with E-state index in [1.807, 2.05) is 6.92 Å². The molecule has 0 atom stereocenters. The van der Waals surface area contributed by atoms with Crippen molar-refractivity contribution in [2.24, 2.45) is 0 Å². The van der Waals surface area contributed by atoms with Gasteiger partial charge >= 0.3 is 0 Å². The van der Waals surface area contributed by atoms with E-state index in [9.17, 15) is 0 Å². The van der Waals surface area contributed by atoms with Crippen molar-refractivity contribution in [3.8, 4) is 0 Å². The zero-order valence-corrected chi connectivity index (χ0v) is 11.4. The van der Waals surface area contributed by atoms with Gasteiger partial charge in [0, 0.05) is 25.8 Å². The zero-order valence-electron chi connectivity index (χ0n) is 11.4. The summed E-state index contributed by atoms with van der Waals surface area (Å²) in [6, 6.07) is 6.70. The van der Waals surface area contributed by atoms with Gasteiger partial charge in [0.2, 0.25) is 5.89 Å². The number of oxazole rings is 1. The van der Waals surface area contributed by atoms with Gasteiger partial charge in [-0.1, -0.05) is 12.1 Å².